The maximum Gasteiger partial charge on any atom is 0.0433 e. The summed E-state index contributed by atoms with van der Waals surface area (Å²) in [4.78, 5) is 4.50. The molecule has 0 aliphatic rings. The van der Waals surface area contributed by atoms with Crippen LogP contribution >= 0.6 is 0 Å². The summed E-state index contributed by atoms with van der Waals surface area (Å²) in [6, 6.07) is 19.0. The normalized spacial score (nSPS) is 11.3. The minimum absolute atomic E-state index is 0.952. The average molecular weight is 280 g/mol. The summed E-state index contributed by atoms with van der Waals surface area (Å²) in [5.74, 6) is 0. The van der Waals surface area contributed by atoms with Crippen molar-refractivity contribution in [1.29, 1.82) is 0 Å². The van der Waals surface area contributed by atoms with Crippen LogP contribution in [0.25, 0.3) is 0 Å². The van der Waals surface area contributed by atoms with E-state index in [2.05, 4.69) is 98.4 Å². The Bertz CT molecular complexity index is 602. The molecule has 0 heterocycles. The van der Waals surface area contributed by atoms with Crippen LogP contribution in [0.3, 0.4) is 0 Å². The highest BCUT2D eigenvalue weighted by atomic mass is 15.2. The van der Waals surface area contributed by atoms with Crippen molar-refractivity contribution in [2.75, 3.05) is 23.4 Å². The van der Waals surface area contributed by atoms with Gasteiger partial charge in [-0.2, -0.15) is 0 Å². The van der Waals surface area contributed by atoms with Crippen LogP contribution in [0, 0.1) is 6.92 Å². The molecule has 0 saturated heterocycles. The minimum atomic E-state index is 0.952. The lowest BCUT2D eigenvalue weighted by atomic mass is 10.2. The maximum atomic E-state index is 2.31. The maximum absolute atomic E-state index is 2.31. The van der Waals surface area contributed by atoms with Gasteiger partial charge in [0, 0.05) is 36.9 Å². The van der Waals surface area contributed by atoms with E-state index in [1.54, 1.807) is 0 Å². The minimum Gasteiger partial charge on any atom is -0.349 e. The summed E-state index contributed by atoms with van der Waals surface area (Å²) in [5.41, 5.74) is 4.98. The number of benzene rings is 2. The summed E-state index contributed by atoms with van der Waals surface area (Å²) in [6.45, 7) is 7.43. The molecule has 0 atom stereocenters. The van der Waals surface area contributed by atoms with Crippen molar-refractivity contribution < 1.29 is 0 Å². The zero-order valence-corrected chi connectivity index (χ0v) is 13.4. The zero-order chi connectivity index (χ0) is 15.2. The number of rotatable bonds is 5. The molecular weight excluding hydrogens is 256 g/mol. The quantitative estimate of drug-likeness (QED) is 0.775. The first-order valence-electron chi connectivity index (χ1n) is 7.43. The molecule has 0 aliphatic carbocycles. The smallest absolute Gasteiger partial charge is 0.0433 e. The molecule has 0 aromatic heterocycles. The van der Waals surface area contributed by atoms with Crippen LogP contribution in [0.5, 0.6) is 0 Å². The van der Waals surface area contributed by atoms with Gasteiger partial charge in [-0.1, -0.05) is 36.4 Å². The highest BCUT2D eigenvalue weighted by molar-refractivity contribution is 5.57. The summed E-state index contributed by atoms with van der Waals surface area (Å²) in [5, 5.41) is 0. The van der Waals surface area contributed by atoms with E-state index in [1.807, 2.05) is 0 Å². The van der Waals surface area contributed by atoms with Crippen molar-refractivity contribution in [2.24, 2.45) is 0 Å². The van der Waals surface area contributed by atoms with E-state index < -0.39 is 0 Å². The predicted octanol–water partition coefficient (Wildman–Crippen LogP) is 4.82. The molecule has 21 heavy (non-hydrogen) atoms. The number of aryl methyl sites for hydroxylation is 1. The summed E-state index contributed by atoms with van der Waals surface area (Å²) in [7, 11) is 2.10. The zero-order valence-electron chi connectivity index (χ0n) is 13.4. The Morgan fingerprint density at radius 3 is 2.24 bits per heavy atom. The standard InChI is InChI=1S/C19H24N2/c1-5-21(18-12-7-6-8-13-18)17(3)15-20(4)19-14-10-9-11-16(19)2/h6-15H,5H2,1-4H3/b17-15-. The van der Waals surface area contributed by atoms with Gasteiger partial charge in [-0.3, -0.25) is 0 Å². The Labute approximate surface area is 128 Å². The first-order valence-corrected chi connectivity index (χ1v) is 7.43. The van der Waals surface area contributed by atoms with Gasteiger partial charge in [0.1, 0.15) is 0 Å². The van der Waals surface area contributed by atoms with Gasteiger partial charge in [-0.15, -0.1) is 0 Å². The molecule has 2 nitrogen and oxygen atoms in total. The largest absolute Gasteiger partial charge is 0.349 e. The van der Waals surface area contributed by atoms with Crippen molar-refractivity contribution in [3.8, 4) is 0 Å². The van der Waals surface area contributed by atoms with Crippen LogP contribution in [-0.2, 0) is 0 Å². The Morgan fingerprint density at radius 2 is 1.62 bits per heavy atom. The van der Waals surface area contributed by atoms with Gasteiger partial charge in [0.25, 0.3) is 0 Å². The molecule has 0 N–H and O–H groups in total. The fourth-order valence-electron chi connectivity index (χ4n) is 2.62. The Hall–Kier alpha value is -2.22. The van der Waals surface area contributed by atoms with Gasteiger partial charge < -0.3 is 9.80 Å². The number of hydrogen-bond acceptors (Lipinski definition) is 2. The molecule has 0 radical (unpaired) electrons. The number of hydrogen-bond donors (Lipinski definition) is 0. The number of anilines is 2. The highest BCUT2D eigenvalue weighted by Crippen LogP contribution is 2.22. The molecule has 110 valence electrons. The van der Waals surface area contributed by atoms with Crippen molar-refractivity contribution in [3.63, 3.8) is 0 Å². The molecule has 0 bridgehead atoms. The summed E-state index contributed by atoms with van der Waals surface area (Å²) < 4.78 is 0. The molecular formula is C19H24N2. The predicted molar refractivity (Wildman–Crippen MR) is 92.8 cm³/mol. The molecule has 0 fully saturated rings. The molecule has 0 amide bonds. The fourth-order valence-corrected chi connectivity index (χ4v) is 2.62. The van der Waals surface area contributed by atoms with E-state index in [1.165, 1.54) is 22.6 Å². The molecule has 0 saturated carbocycles. The fraction of sp³-hybridized carbons (Fsp3) is 0.263. The Balaban J connectivity index is 2.25. The van der Waals surface area contributed by atoms with E-state index in [4.69, 9.17) is 0 Å². The molecule has 0 spiro atoms. The second-order valence-corrected chi connectivity index (χ2v) is 5.25. The van der Waals surface area contributed by atoms with Crippen LogP contribution in [0.1, 0.15) is 19.4 Å². The molecule has 2 heteroatoms. The van der Waals surface area contributed by atoms with E-state index >= 15 is 0 Å². The molecule has 0 unspecified atom stereocenters. The second-order valence-electron chi connectivity index (χ2n) is 5.25. The highest BCUT2D eigenvalue weighted by Gasteiger charge is 2.08. The van der Waals surface area contributed by atoms with Gasteiger partial charge >= 0.3 is 0 Å². The van der Waals surface area contributed by atoms with Crippen LogP contribution in [0.4, 0.5) is 11.4 Å². The first-order chi connectivity index (χ1) is 10.1. The van der Waals surface area contributed by atoms with E-state index in [-0.39, 0.29) is 0 Å². The van der Waals surface area contributed by atoms with Crippen molar-refractivity contribution >= 4 is 11.4 Å². The van der Waals surface area contributed by atoms with E-state index in [9.17, 15) is 0 Å². The van der Waals surface area contributed by atoms with Crippen LogP contribution < -0.4 is 9.80 Å². The topological polar surface area (TPSA) is 6.48 Å². The van der Waals surface area contributed by atoms with Crippen LogP contribution in [0.2, 0.25) is 0 Å². The molecule has 2 rings (SSSR count). The lowest BCUT2D eigenvalue weighted by Crippen LogP contribution is -2.23. The van der Waals surface area contributed by atoms with Gasteiger partial charge in [0.05, 0.1) is 0 Å². The lowest BCUT2D eigenvalue weighted by Gasteiger charge is -2.26. The van der Waals surface area contributed by atoms with E-state index in [0.29, 0.717) is 0 Å². The molecule has 0 aliphatic heterocycles. The third-order valence-corrected chi connectivity index (χ3v) is 3.69. The van der Waals surface area contributed by atoms with Gasteiger partial charge in [0.15, 0.2) is 0 Å². The van der Waals surface area contributed by atoms with Crippen molar-refractivity contribution in [1.82, 2.24) is 0 Å². The SMILES string of the molecule is CCN(/C(C)=C\N(C)c1ccccc1C)c1ccccc1. The molecule has 2 aromatic rings. The van der Waals surface area contributed by atoms with Crippen LogP contribution in [0.15, 0.2) is 66.5 Å². The van der Waals surface area contributed by atoms with Crippen molar-refractivity contribution in [3.05, 3.63) is 72.1 Å². The van der Waals surface area contributed by atoms with Crippen molar-refractivity contribution in [2.45, 2.75) is 20.8 Å². The monoisotopic (exact) mass is 280 g/mol. The molecule has 2 aromatic carbocycles. The van der Waals surface area contributed by atoms with Gasteiger partial charge in [0.2, 0.25) is 0 Å². The Kier molecular flexibility index (Phi) is 5.04. The number of allylic oxidation sites excluding steroid dienone is 1. The van der Waals surface area contributed by atoms with Gasteiger partial charge in [-0.05, 0) is 44.5 Å². The summed E-state index contributed by atoms with van der Waals surface area (Å²) in [6.07, 6.45) is 2.19. The van der Waals surface area contributed by atoms with Crippen LogP contribution in [-0.4, -0.2) is 13.6 Å². The Morgan fingerprint density at radius 1 is 1.00 bits per heavy atom. The first kappa shape index (κ1) is 15.2. The van der Waals surface area contributed by atoms with Gasteiger partial charge in [-0.25, -0.2) is 0 Å². The number of para-hydroxylation sites is 2. The average Bonchev–Trinajstić information content (AvgIpc) is 2.49. The summed E-state index contributed by atoms with van der Waals surface area (Å²) >= 11 is 0. The van der Waals surface area contributed by atoms with E-state index in [0.717, 1.165) is 6.54 Å². The second kappa shape index (κ2) is 6.98. The third kappa shape index (κ3) is 3.66. The third-order valence-electron chi connectivity index (χ3n) is 3.69. The number of nitrogens with zero attached hydrogens (tertiary/aromatic N) is 2. The lowest BCUT2D eigenvalue weighted by molar-refractivity contribution is 0.940.